The molecule has 0 spiro atoms. The summed E-state index contributed by atoms with van der Waals surface area (Å²) in [5, 5.41) is 13.7. The Morgan fingerprint density at radius 1 is 1.52 bits per heavy atom. The third-order valence-electron chi connectivity index (χ3n) is 3.63. The second-order valence-corrected chi connectivity index (χ2v) is 6.94. The molecule has 21 heavy (non-hydrogen) atoms. The van der Waals surface area contributed by atoms with E-state index in [-0.39, 0.29) is 24.0 Å². The molecular formula is C12H17N5O3S. The zero-order valence-electron chi connectivity index (χ0n) is 11.6. The molecule has 3 atom stereocenters. The third-order valence-corrected chi connectivity index (χ3v) is 5.41. The molecule has 9 heteroatoms. The Hall–Kier alpha value is -1.67. The average Bonchev–Trinajstić information content (AvgIpc) is 2.62. The van der Waals surface area contributed by atoms with Crippen molar-refractivity contribution in [2.24, 2.45) is 11.0 Å². The summed E-state index contributed by atoms with van der Waals surface area (Å²) in [6.07, 6.45) is 0.885. The van der Waals surface area contributed by atoms with Crippen LogP contribution in [0.2, 0.25) is 0 Å². The molecule has 0 bridgehead atoms. The number of hydrogen-bond acceptors (Lipinski definition) is 5. The lowest BCUT2D eigenvalue weighted by atomic mass is 9.96. The van der Waals surface area contributed by atoms with E-state index in [1.807, 2.05) is 6.92 Å². The fraction of sp³-hybridized carbons (Fsp3) is 0.583. The number of azide groups is 1. The highest BCUT2D eigenvalue weighted by atomic mass is 32.2. The molecule has 2 heterocycles. The topological polar surface area (TPSA) is 119 Å². The van der Waals surface area contributed by atoms with Crippen LogP contribution in [0.1, 0.15) is 13.3 Å². The molecule has 0 saturated carbocycles. The maximum Gasteiger partial charge on any atom is 0.260 e. The molecule has 0 aliphatic carbocycles. The lowest BCUT2D eigenvalue weighted by Gasteiger charge is -2.22. The quantitative estimate of drug-likeness (QED) is 0.511. The van der Waals surface area contributed by atoms with Gasteiger partial charge in [0.05, 0.1) is 12.1 Å². The number of sulfonamides is 1. The number of aliphatic hydroxyl groups excluding tert-OH is 1. The van der Waals surface area contributed by atoms with Crippen LogP contribution in [-0.2, 0) is 10.0 Å². The van der Waals surface area contributed by atoms with Crippen LogP contribution in [0.4, 0.5) is 0 Å². The summed E-state index contributed by atoms with van der Waals surface area (Å²) in [7, 11) is -3.75. The van der Waals surface area contributed by atoms with E-state index in [4.69, 9.17) is 5.53 Å². The Morgan fingerprint density at radius 3 is 2.90 bits per heavy atom. The van der Waals surface area contributed by atoms with Gasteiger partial charge in [-0.2, -0.15) is 4.31 Å². The minimum atomic E-state index is -3.75. The number of nitrogens with zero attached hydrogens (tertiary/aromatic N) is 5. The van der Waals surface area contributed by atoms with E-state index >= 15 is 0 Å². The second kappa shape index (κ2) is 6.40. The number of aromatic nitrogens is 1. The van der Waals surface area contributed by atoms with Crippen molar-refractivity contribution in [1.82, 2.24) is 9.29 Å². The van der Waals surface area contributed by atoms with Crippen molar-refractivity contribution in [3.8, 4) is 0 Å². The summed E-state index contributed by atoms with van der Waals surface area (Å²) in [4.78, 5) is 6.59. The third kappa shape index (κ3) is 3.33. The molecule has 1 aromatic heterocycles. The van der Waals surface area contributed by atoms with Crippen molar-refractivity contribution in [2.45, 2.75) is 30.5 Å². The van der Waals surface area contributed by atoms with Crippen LogP contribution in [0.15, 0.2) is 34.5 Å². The standard InChI is InChI=1S/C12H17N5O3S/c1-9-5-7-17(8-10(18)12(9)15-16-13)21(19,20)11-4-2-3-6-14-11/h2-4,6,9-10,12,18H,5,7-8H2,1H3. The molecule has 2 rings (SSSR count). The molecule has 1 aliphatic heterocycles. The highest BCUT2D eigenvalue weighted by Crippen LogP contribution is 2.24. The molecule has 0 amide bonds. The van der Waals surface area contributed by atoms with Crippen molar-refractivity contribution < 1.29 is 13.5 Å². The smallest absolute Gasteiger partial charge is 0.260 e. The number of hydrogen-bond donors (Lipinski definition) is 1. The fourth-order valence-corrected chi connectivity index (χ4v) is 3.81. The minimum Gasteiger partial charge on any atom is -0.391 e. The summed E-state index contributed by atoms with van der Waals surface area (Å²) >= 11 is 0. The van der Waals surface area contributed by atoms with Gasteiger partial charge in [0.25, 0.3) is 10.0 Å². The summed E-state index contributed by atoms with van der Waals surface area (Å²) in [6.45, 7) is 1.99. The van der Waals surface area contributed by atoms with Crippen LogP contribution in [0.5, 0.6) is 0 Å². The molecule has 1 N–H and O–H groups in total. The Morgan fingerprint density at radius 2 is 2.29 bits per heavy atom. The average molecular weight is 311 g/mol. The van der Waals surface area contributed by atoms with E-state index in [2.05, 4.69) is 15.0 Å². The van der Waals surface area contributed by atoms with Gasteiger partial charge in [0, 0.05) is 24.2 Å². The molecular weight excluding hydrogens is 294 g/mol. The maximum atomic E-state index is 12.5. The van der Waals surface area contributed by atoms with Gasteiger partial charge in [0.1, 0.15) is 0 Å². The van der Waals surface area contributed by atoms with Crippen LogP contribution in [0, 0.1) is 5.92 Å². The number of β-amino-alcohol motifs (C(OH)–C–C–N with tert-alkyl or cyclic N) is 1. The zero-order valence-corrected chi connectivity index (χ0v) is 12.4. The molecule has 1 saturated heterocycles. The number of aliphatic hydroxyl groups is 1. The highest BCUT2D eigenvalue weighted by Gasteiger charge is 2.35. The molecule has 3 unspecified atom stereocenters. The van der Waals surface area contributed by atoms with E-state index < -0.39 is 22.2 Å². The second-order valence-electron chi connectivity index (χ2n) is 5.06. The van der Waals surface area contributed by atoms with Crippen molar-refractivity contribution in [3.63, 3.8) is 0 Å². The van der Waals surface area contributed by atoms with Crippen LogP contribution < -0.4 is 0 Å². The number of rotatable bonds is 3. The van der Waals surface area contributed by atoms with Crippen LogP contribution >= 0.6 is 0 Å². The van der Waals surface area contributed by atoms with Gasteiger partial charge in [0.15, 0.2) is 5.03 Å². The van der Waals surface area contributed by atoms with Gasteiger partial charge in [0.2, 0.25) is 0 Å². The Kier molecular flexibility index (Phi) is 4.79. The predicted molar refractivity (Wildman–Crippen MR) is 75.7 cm³/mol. The maximum absolute atomic E-state index is 12.5. The lowest BCUT2D eigenvalue weighted by molar-refractivity contribution is 0.118. The van der Waals surface area contributed by atoms with Gasteiger partial charge in [-0.1, -0.05) is 18.1 Å². The van der Waals surface area contributed by atoms with Crippen molar-refractivity contribution >= 4 is 10.0 Å². The molecule has 1 aromatic rings. The first-order valence-corrected chi connectivity index (χ1v) is 8.04. The fourth-order valence-electron chi connectivity index (χ4n) is 2.41. The van der Waals surface area contributed by atoms with Gasteiger partial charge in [-0.05, 0) is 30.0 Å². The van der Waals surface area contributed by atoms with Gasteiger partial charge in [-0.25, -0.2) is 13.4 Å². The first-order chi connectivity index (χ1) is 9.96. The number of pyridine rings is 1. The van der Waals surface area contributed by atoms with Crippen molar-refractivity contribution in [3.05, 3.63) is 34.8 Å². The largest absolute Gasteiger partial charge is 0.391 e. The Balaban J connectivity index is 2.28. The van der Waals surface area contributed by atoms with E-state index in [1.165, 1.54) is 16.6 Å². The molecule has 114 valence electrons. The summed E-state index contributed by atoms with van der Waals surface area (Å²) in [6, 6.07) is 4.02. The van der Waals surface area contributed by atoms with Gasteiger partial charge in [-0.15, -0.1) is 0 Å². The molecule has 8 nitrogen and oxygen atoms in total. The summed E-state index contributed by atoms with van der Waals surface area (Å²) in [5.41, 5.74) is 8.56. The van der Waals surface area contributed by atoms with Crippen molar-refractivity contribution in [2.75, 3.05) is 13.1 Å². The Bertz CT molecular complexity index is 630. The van der Waals surface area contributed by atoms with Crippen LogP contribution in [0.25, 0.3) is 10.4 Å². The highest BCUT2D eigenvalue weighted by molar-refractivity contribution is 7.89. The Labute approximate surface area is 123 Å². The normalized spacial score (nSPS) is 27.6. The van der Waals surface area contributed by atoms with E-state index in [1.54, 1.807) is 12.1 Å². The van der Waals surface area contributed by atoms with Gasteiger partial charge in [-0.3, -0.25) is 0 Å². The van der Waals surface area contributed by atoms with E-state index in [0.29, 0.717) is 6.42 Å². The molecule has 1 fully saturated rings. The van der Waals surface area contributed by atoms with Crippen LogP contribution in [0.3, 0.4) is 0 Å². The van der Waals surface area contributed by atoms with Gasteiger partial charge >= 0.3 is 0 Å². The van der Waals surface area contributed by atoms with E-state index in [0.717, 1.165) is 0 Å². The zero-order chi connectivity index (χ0) is 15.5. The first kappa shape index (κ1) is 15.7. The van der Waals surface area contributed by atoms with E-state index in [9.17, 15) is 13.5 Å². The molecule has 0 aromatic carbocycles. The lowest BCUT2D eigenvalue weighted by Crippen LogP contribution is -2.40. The van der Waals surface area contributed by atoms with Gasteiger partial charge < -0.3 is 5.11 Å². The van der Waals surface area contributed by atoms with Crippen molar-refractivity contribution in [1.29, 1.82) is 0 Å². The summed E-state index contributed by atoms with van der Waals surface area (Å²) < 4.78 is 26.2. The minimum absolute atomic E-state index is 0.0490. The molecule has 1 aliphatic rings. The SMILES string of the molecule is CC1CCN(S(=O)(=O)c2ccccn2)CC(O)C1N=[N+]=[N-]. The van der Waals surface area contributed by atoms with Crippen LogP contribution in [-0.4, -0.2) is 48.0 Å². The first-order valence-electron chi connectivity index (χ1n) is 6.60. The monoisotopic (exact) mass is 311 g/mol. The molecule has 0 radical (unpaired) electrons. The summed E-state index contributed by atoms with van der Waals surface area (Å²) in [5.74, 6) is -0.0974. The predicted octanol–water partition coefficient (Wildman–Crippen LogP) is 1.15.